The molecule has 184 valence electrons. The molecule has 0 spiro atoms. The summed E-state index contributed by atoms with van der Waals surface area (Å²) in [6.07, 6.45) is 5.35. The van der Waals surface area contributed by atoms with E-state index in [0.29, 0.717) is 28.9 Å². The highest BCUT2D eigenvalue weighted by Gasteiger charge is 2.35. The number of hydrogen-bond acceptors (Lipinski definition) is 3. The van der Waals surface area contributed by atoms with Crippen LogP contribution >= 0.6 is 11.6 Å². The van der Waals surface area contributed by atoms with Crippen LogP contribution in [0.2, 0.25) is 5.02 Å². The molecule has 3 rings (SSSR count). The zero-order chi connectivity index (χ0) is 24.7. The Morgan fingerprint density at radius 3 is 2.35 bits per heavy atom. The average molecular weight is 485 g/mol. The summed E-state index contributed by atoms with van der Waals surface area (Å²) < 4.78 is 5.84. The fourth-order valence-corrected chi connectivity index (χ4v) is 4.77. The topological polar surface area (TPSA) is 49.9 Å². The minimum Gasteiger partial charge on any atom is -0.494 e. The van der Waals surface area contributed by atoms with E-state index in [4.69, 9.17) is 16.3 Å². The molecule has 0 atom stereocenters. The molecule has 1 saturated heterocycles. The van der Waals surface area contributed by atoms with Crippen LogP contribution in [0.4, 0.5) is 0 Å². The van der Waals surface area contributed by atoms with Crippen LogP contribution in [0.3, 0.4) is 0 Å². The number of unbranched alkanes of at least 4 members (excludes halogenated alkanes) is 1. The van der Waals surface area contributed by atoms with Crippen LogP contribution in [0.25, 0.3) is 0 Å². The molecule has 1 heterocycles. The van der Waals surface area contributed by atoms with Gasteiger partial charge in [-0.15, -0.1) is 0 Å². The summed E-state index contributed by atoms with van der Waals surface area (Å²) in [4.78, 5) is 28.8. The van der Waals surface area contributed by atoms with E-state index < -0.39 is 5.41 Å². The van der Waals surface area contributed by atoms with E-state index in [2.05, 4.69) is 0 Å². The Kier molecular flexibility index (Phi) is 9.01. The van der Waals surface area contributed by atoms with Gasteiger partial charge in [0.25, 0.3) is 5.91 Å². The van der Waals surface area contributed by atoms with Gasteiger partial charge in [-0.3, -0.25) is 9.59 Å². The predicted molar refractivity (Wildman–Crippen MR) is 138 cm³/mol. The number of nitrogens with zero attached hydrogens (tertiary/aromatic N) is 2. The van der Waals surface area contributed by atoms with Crippen LogP contribution in [-0.4, -0.2) is 55.4 Å². The van der Waals surface area contributed by atoms with E-state index in [1.807, 2.05) is 49.1 Å². The van der Waals surface area contributed by atoms with E-state index in [1.54, 1.807) is 32.3 Å². The van der Waals surface area contributed by atoms with Gasteiger partial charge in [-0.2, -0.15) is 0 Å². The van der Waals surface area contributed by atoms with E-state index in [-0.39, 0.29) is 11.8 Å². The van der Waals surface area contributed by atoms with Gasteiger partial charge in [-0.1, -0.05) is 48.4 Å². The second-order valence-electron chi connectivity index (χ2n) is 9.91. The number of carbonyl (C=O) groups is 2. The molecule has 1 aliphatic rings. The molecule has 0 saturated carbocycles. The summed E-state index contributed by atoms with van der Waals surface area (Å²) in [5.74, 6) is 1.46. The average Bonchev–Trinajstić information content (AvgIpc) is 2.84. The Hall–Kier alpha value is -2.53. The lowest BCUT2D eigenvalue weighted by molar-refractivity contribution is -0.137. The zero-order valence-electron chi connectivity index (χ0n) is 20.9. The number of amides is 2. The van der Waals surface area contributed by atoms with Gasteiger partial charge in [0.1, 0.15) is 5.75 Å². The van der Waals surface area contributed by atoms with Crippen molar-refractivity contribution in [1.82, 2.24) is 9.80 Å². The summed E-state index contributed by atoms with van der Waals surface area (Å²) in [6.45, 7) is 6.36. The maximum absolute atomic E-state index is 13.2. The SMILES string of the molecule is CN(C)C(=O)c1ccc(OCCCCC2CCN(C(=O)C(C)(C)c3ccccc3)CC2)cc1Cl. The molecule has 0 unspecified atom stereocenters. The van der Waals surface area contributed by atoms with Crippen molar-refractivity contribution in [3.63, 3.8) is 0 Å². The Labute approximate surface area is 209 Å². The standard InChI is InChI=1S/C28H37ClN2O3/c1-28(2,22-11-6-5-7-12-22)27(33)31-17-15-21(16-18-31)10-8-9-19-34-23-13-14-24(25(29)20-23)26(32)30(3)4/h5-7,11-14,20-21H,8-10,15-19H2,1-4H3. The molecule has 1 fully saturated rings. The second kappa shape index (κ2) is 11.7. The molecule has 0 bridgehead atoms. The summed E-state index contributed by atoms with van der Waals surface area (Å²) in [5.41, 5.74) is 1.06. The van der Waals surface area contributed by atoms with E-state index >= 15 is 0 Å². The Bertz CT molecular complexity index is 967. The van der Waals surface area contributed by atoms with Crippen LogP contribution in [0.5, 0.6) is 5.75 Å². The number of rotatable bonds is 9. The number of halogens is 1. The predicted octanol–water partition coefficient (Wildman–Crippen LogP) is 5.81. The molecule has 0 aliphatic carbocycles. The highest BCUT2D eigenvalue weighted by atomic mass is 35.5. The lowest BCUT2D eigenvalue weighted by Crippen LogP contribution is -2.47. The highest BCUT2D eigenvalue weighted by Crippen LogP contribution is 2.30. The maximum Gasteiger partial charge on any atom is 0.254 e. The third-order valence-electron chi connectivity index (χ3n) is 6.78. The molecule has 6 heteroatoms. The van der Waals surface area contributed by atoms with Gasteiger partial charge in [-0.05, 0) is 69.2 Å². The zero-order valence-corrected chi connectivity index (χ0v) is 21.6. The quantitative estimate of drug-likeness (QED) is 0.422. The van der Waals surface area contributed by atoms with Crippen LogP contribution in [-0.2, 0) is 10.2 Å². The Morgan fingerprint density at radius 2 is 1.74 bits per heavy atom. The minimum absolute atomic E-state index is 0.118. The second-order valence-corrected chi connectivity index (χ2v) is 10.3. The number of piperidine rings is 1. The summed E-state index contributed by atoms with van der Waals surface area (Å²) >= 11 is 6.25. The number of carbonyl (C=O) groups excluding carboxylic acids is 2. The van der Waals surface area contributed by atoms with Crippen molar-refractivity contribution in [2.24, 2.45) is 5.92 Å². The lowest BCUT2D eigenvalue weighted by Gasteiger charge is -2.37. The van der Waals surface area contributed by atoms with Gasteiger partial charge in [0, 0.05) is 27.2 Å². The number of hydrogen-bond donors (Lipinski definition) is 0. The molecule has 5 nitrogen and oxygen atoms in total. The number of likely N-dealkylation sites (tertiary alicyclic amines) is 1. The summed E-state index contributed by atoms with van der Waals surface area (Å²) in [5, 5.41) is 0.410. The lowest BCUT2D eigenvalue weighted by atomic mass is 9.82. The van der Waals surface area contributed by atoms with Crippen molar-refractivity contribution >= 4 is 23.4 Å². The summed E-state index contributed by atoms with van der Waals surface area (Å²) in [6, 6.07) is 15.3. The number of ether oxygens (including phenoxy) is 1. The van der Waals surface area contributed by atoms with E-state index in [0.717, 1.165) is 50.8 Å². The minimum atomic E-state index is -0.494. The van der Waals surface area contributed by atoms with Crippen LogP contribution in [0, 0.1) is 5.92 Å². The van der Waals surface area contributed by atoms with E-state index in [9.17, 15) is 9.59 Å². The fourth-order valence-electron chi connectivity index (χ4n) is 4.52. The van der Waals surface area contributed by atoms with Crippen molar-refractivity contribution in [3.8, 4) is 5.75 Å². The monoisotopic (exact) mass is 484 g/mol. The first-order valence-corrected chi connectivity index (χ1v) is 12.6. The molecule has 0 aromatic heterocycles. The Morgan fingerprint density at radius 1 is 1.06 bits per heavy atom. The van der Waals surface area contributed by atoms with Crippen molar-refractivity contribution in [1.29, 1.82) is 0 Å². The largest absolute Gasteiger partial charge is 0.494 e. The molecule has 34 heavy (non-hydrogen) atoms. The molecule has 2 amide bonds. The molecule has 0 radical (unpaired) electrons. The first-order valence-electron chi connectivity index (χ1n) is 12.2. The Balaban J connectivity index is 1.36. The molecule has 2 aromatic carbocycles. The van der Waals surface area contributed by atoms with Crippen molar-refractivity contribution in [3.05, 3.63) is 64.7 Å². The fraction of sp³-hybridized carbons (Fsp3) is 0.500. The highest BCUT2D eigenvalue weighted by molar-refractivity contribution is 6.34. The maximum atomic E-state index is 13.2. The van der Waals surface area contributed by atoms with Gasteiger partial charge >= 0.3 is 0 Å². The van der Waals surface area contributed by atoms with Crippen LogP contribution in [0.15, 0.2) is 48.5 Å². The van der Waals surface area contributed by atoms with Gasteiger partial charge in [0.2, 0.25) is 5.91 Å². The van der Waals surface area contributed by atoms with Gasteiger partial charge < -0.3 is 14.5 Å². The molecule has 1 aliphatic heterocycles. The molecule has 2 aromatic rings. The van der Waals surface area contributed by atoms with Crippen molar-refractivity contribution in [2.75, 3.05) is 33.8 Å². The molecular formula is C28H37ClN2O3. The first kappa shape index (κ1) is 26.1. The van der Waals surface area contributed by atoms with E-state index in [1.165, 1.54) is 4.90 Å². The smallest absolute Gasteiger partial charge is 0.254 e. The first-order chi connectivity index (χ1) is 16.2. The normalized spacial score (nSPS) is 14.7. The molecule has 0 N–H and O–H groups in total. The third kappa shape index (κ3) is 6.53. The van der Waals surface area contributed by atoms with Crippen LogP contribution in [0.1, 0.15) is 61.9 Å². The van der Waals surface area contributed by atoms with Crippen molar-refractivity contribution in [2.45, 2.75) is 51.4 Å². The van der Waals surface area contributed by atoms with Gasteiger partial charge in [0.15, 0.2) is 0 Å². The number of benzene rings is 2. The van der Waals surface area contributed by atoms with Crippen LogP contribution < -0.4 is 4.74 Å². The molecular weight excluding hydrogens is 448 g/mol. The third-order valence-corrected chi connectivity index (χ3v) is 7.10. The summed E-state index contributed by atoms with van der Waals surface area (Å²) in [7, 11) is 3.41. The van der Waals surface area contributed by atoms with Crippen molar-refractivity contribution < 1.29 is 14.3 Å². The van der Waals surface area contributed by atoms with Gasteiger partial charge in [-0.25, -0.2) is 0 Å². The van der Waals surface area contributed by atoms with Gasteiger partial charge in [0.05, 0.1) is 22.6 Å².